The minimum absolute atomic E-state index is 0.0945. The largest absolute Gasteiger partial charge is 0.497 e. The Labute approximate surface area is 119 Å². The molecule has 0 aliphatic heterocycles. The summed E-state index contributed by atoms with van der Waals surface area (Å²) in [7, 11) is 1.63. The number of ketones is 1. The minimum Gasteiger partial charge on any atom is -0.497 e. The maximum Gasteiger partial charge on any atom is 0.166 e. The third-order valence-corrected chi connectivity index (χ3v) is 4.07. The highest BCUT2D eigenvalue weighted by atomic mass is 16.5. The number of methoxy groups -OCH3 is 1. The molecule has 0 heterocycles. The van der Waals surface area contributed by atoms with Crippen LogP contribution in [-0.4, -0.2) is 12.9 Å². The zero-order valence-corrected chi connectivity index (χ0v) is 11.6. The van der Waals surface area contributed by atoms with Crippen LogP contribution in [0.15, 0.2) is 48.5 Å². The summed E-state index contributed by atoms with van der Waals surface area (Å²) >= 11 is 0. The summed E-state index contributed by atoms with van der Waals surface area (Å²) < 4.78 is 5.20. The van der Waals surface area contributed by atoms with E-state index in [1.54, 1.807) is 7.11 Å². The van der Waals surface area contributed by atoms with Crippen LogP contribution in [-0.2, 0) is 12.8 Å². The van der Waals surface area contributed by atoms with Crippen molar-refractivity contribution in [3.8, 4) is 5.75 Å². The van der Waals surface area contributed by atoms with E-state index < -0.39 is 0 Å². The first kappa shape index (κ1) is 12.9. The van der Waals surface area contributed by atoms with E-state index >= 15 is 0 Å². The van der Waals surface area contributed by atoms with Crippen LogP contribution in [0.1, 0.15) is 27.9 Å². The van der Waals surface area contributed by atoms with Gasteiger partial charge < -0.3 is 4.74 Å². The number of Topliss-reactive ketones (excluding diaryl/α,β-unsaturated/α-hetero) is 1. The Morgan fingerprint density at radius 2 is 1.90 bits per heavy atom. The van der Waals surface area contributed by atoms with E-state index in [0.717, 1.165) is 30.6 Å². The highest BCUT2D eigenvalue weighted by molar-refractivity contribution is 5.98. The molecule has 0 radical (unpaired) electrons. The fraction of sp³-hybridized carbons (Fsp3) is 0.278. The number of aryl methyl sites for hydroxylation is 1. The Hall–Kier alpha value is -2.09. The number of hydrogen-bond donors (Lipinski definition) is 0. The number of benzene rings is 2. The first-order chi connectivity index (χ1) is 9.78. The van der Waals surface area contributed by atoms with Crippen LogP contribution in [0.3, 0.4) is 0 Å². The van der Waals surface area contributed by atoms with E-state index in [0.29, 0.717) is 0 Å². The molecule has 3 rings (SSSR count). The summed E-state index contributed by atoms with van der Waals surface area (Å²) in [6, 6.07) is 15.9. The van der Waals surface area contributed by atoms with Gasteiger partial charge in [0.15, 0.2) is 5.78 Å². The van der Waals surface area contributed by atoms with Crippen LogP contribution in [0.5, 0.6) is 5.75 Å². The van der Waals surface area contributed by atoms with Gasteiger partial charge in [-0.25, -0.2) is 0 Å². The molecular weight excluding hydrogens is 248 g/mol. The van der Waals surface area contributed by atoms with Crippen molar-refractivity contribution in [3.05, 3.63) is 65.2 Å². The second-order valence-electron chi connectivity index (χ2n) is 5.30. The van der Waals surface area contributed by atoms with Crippen LogP contribution in [0.25, 0.3) is 0 Å². The third-order valence-electron chi connectivity index (χ3n) is 4.07. The van der Waals surface area contributed by atoms with Crippen molar-refractivity contribution in [3.63, 3.8) is 0 Å². The zero-order valence-electron chi connectivity index (χ0n) is 11.6. The summed E-state index contributed by atoms with van der Waals surface area (Å²) in [4.78, 5) is 12.6. The Balaban J connectivity index is 1.82. The fourth-order valence-corrected chi connectivity index (χ4v) is 2.93. The number of carbonyl (C=O) groups excluding carboxylic acids is 1. The molecule has 102 valence electrons. The number of hydrogen-bond acceptors (Lipinski definition) is 2. The van der Waals surface area contributed by atoms with Crippen LogP contribution >= 0.6 is 0 Å². The highest BCUT2D eigenvalue weighted by Crippen LogP contribution is 2.28. The number of ether oxygens (including phenoxy) is 1. The molecule has 0 amide bonds. The number of carbonyl (C=O) groups is 1. The minimum atomic E-state index is 0.0945. The highest BCUT2D eigenvalue weighted by Gasteiger charge is 2.25. The molecule has 2 nitrogen and oxygen atoms in total. The van der Waals surface area contributed by atoms with Gasteiger partial charge >= 0.3 is 0 Å². The topological polar surface area (TPSA) is 26.3 Å². The Morgan fingerprint density at radius 3 is 2.70 bits per heavy atom. The molecule has 20 heavy (non-hydrogen) atoms. The molecule has 1 aliphatic rings. The van der Waals surface area contributed by atoms with Gasteiger partial charge in [0, 0.05) is 11.5 Å². The second-order valence-corrected chi connectivity index (χ2v) is 5.30. The number of rotatable bonds is 3. The van der Waals surface area contributed by atoms with Crippen molar-refractivity contribution in [2.45, 2.75) is 19.3 Å². The van der Waals surface area contributed by atoms with Gasteiger partial charge in [-0.05, 0) is 42.5 Å². The van der Waals surface area contributed by atoms with Crippen LogP contribution < -0.4 is 4.74 Å². The van der Waals surface area contributed by atoms with Gasteiger partial charge in [0.2, 0.25) is 0 Å². The summed E-state index contributed by atoms with van der Waals surface area (Å²) in [5.74, 6) is 1.07. The molecule has 0 saturated carbocycles. The molecule has 0 fully saturated rings. The lowest BCUT2D eigenvalue weighted by Crippen LogP contribution is -2.22. The smallest absolute Gasteiger partial charge is 0.166 e. The molecule has 2 heteroatoms. The van der Waals surface area contributed by atoms with Crippen LogP contribution in [0.2, 0.25) is 0 Å². The Morgan fingerprint density at radius 1 is 1.10 bits per heavy atom. The lowest BCUT2D eigenvalue weighted by Gasteiger charge is -2.23. The van der Waals surface area contributed by atoms with Gasteiger partial charge in [0.05, 0.1) is 7.11 Å². The normalized spacial score (nSPS) is 17.4. The lowest BCUT2D eigenvalue weighted by atomic mass is 9.80. The van der Waals surface area contributed by atoms with Crippen LogP contribution in [0.4, 0.5) is 0 Å². The van der Waals surface area contributed by atoms with Crippen molar-refractivity contribution >= 4 is 5.78 Å². The van der Waals surface area contributed by atoms with E-state index in [4.69, 9.17) is 4.74 Å². The molecule has 1 aliphatic carbocycles. The van der Waals surface area contributed by atoms with Gasteiger partial charge in [0.1, 0.15) is 5.75 Å². The van der Waals surface area contributed by atoms with Crippen molar-refractivity contribution in [1.29, 1.82) is 0 Å². The van der Waals surface area contributed by atoms with E-state index in [9.17, 15) is 4.79 Å². The fourth-order valence-electron chi connectivity index (χ4n) is 2.93. The number of fused-ring (bicyclic) bond motifs is 1. The SMILES string of the molecule is COc1cccc(C(=O)C2CCc3ccccc3C2)c1. The van der Waals surface area contributed by atoms with E-state index in [2.05, 4.69) is 24.3 Å². The lowest BCUT2D eigenvalue weighted by molar-refractivity contribution is 0.0908. The van der Waals surface area contributed by atoms with Crippen LogP contribution in [0, 0.1) is 5.92 Å². The molecule has 2 aromatic carbocycles. The molecular formula is C18H18O2. The summed E-state index contributed by atoms with van der Waals surface area (Å²) in [5.41, 5.74) is 3.47. The molecule has 0 aromatic heterocycles. The second kappa shape index (κ2) is 5.49. The zero-order chi connectivity index (χ0) is 13.9. The van der Waals surface area contributed by atoms with Gasteiger partial charge in [0.25, 0.3) is 0 Å². The average molecular weight is 266 g/mol. The van der Waals surface area contributed by atoms with Gasteiger partial charge in [-0.3, -0.25) is 4.79 Å². The summed E-state index contributed by atoms with van der Waals surface area (Å²) in [6.45, 7) is 0. The summed E-state index contributed by atoms with van der Waals surface area (Å²) in [6.07, 6.45) is 2.79. The quantitative estimate of drug-likeness (QED) is 0.792. The predicted octanol–water partition coefficient (Wildman–Crippen LogP) is 3.68. The maximum absolute atomic E-state index is 12.6. The Kier molecular flexibility index (Phi) is 3.55. The third kappa shape index (κ3) is 2.46. The first-order valence-corrected chi connectivity index (χ1v) is 7.03. The van der Waals surface area contributed by atoms with Crippen molar-refractivity contribution in [2.24, 2.45) is 5.92 Å². The first-order valence-electron chi connectivity index (χ1n) is 7.03. The molecule has 0 spiro atoms. The molecule has 0 N–H and O–H groups in total. The van der Waals surface area contributed by atoms with Crippen molar-refractivity contribution < 1.29 is 9.53 Å². The van der Waals surface area contributed by atoms with Gasteiger partial charge in [-0.2, -0.15) is 0 Å². The maximum atomic E-state index is 12.6. The van der Waals surface area contributed by atoms with Gasteiger partial charge in [-0.1, -0.05) is 36.4 Å². The van der Waals surface area contributed by atoms with Crippen molar-refractivity contribution in [1.82, 2.24) is 0 Å². The average Bonchev–Trinajstić information content (AvgIpc) is 2.53. The van der Waals surface area contributed by atoms with Crippen molar-refractivity contribution in [2.75, 3.05) is 7.11 Å². The van der Waals surface area contributed by atoms with E-state index in [1.165, 1.54) is 11.1 Å². The van der Waals surface area contributed by atoms with Gasteiger partial charge in [-0.15, -0.1) is 0 Å². The monoisotopic (exact) mass is 266 g/mol. The summed E-state index contributed by atoms with van der Waals surface area (Å²) in [5, 5.41) is 0. The van der Waals surface area contributed by atoms with E-state index in [-0.39, 0.29) is 11.7 Å². The molecule has 1 atom stereocenters. The molecule has 2 aromatic rings. The molecule has 0 saturated heterocycles. The standard InChI is InChI=1S/C18H18O2/c1-20-17-8-4-7-15(12-17)18(19)16-10-9-13-5-2-3-6-14(13)11-16/h2-8,12,16H,9-11H2,1H3. The predicted molar refractivity (Wildman–Crippen MR) is 79.3 cm³/mol. The molecule has 0 bridgehead atoms. The molecule has 1 unspecified atom stereocenters. The Bertz CT molecular complexity index is 631. The van der Waals surface area contributed by atoms with E-state index in [1.807, 2.05) is 24.3 Å².